The van der Waals surface area contributed by atoms with Crippen molar-refractivity contribution in [3.05, 3.63) is 0 Å². The highest BCUT2D eigenvalue weighted by molar-refractivity contribution is 4.87. The molecule has 1 rings (SSSR count). The third-order valence-corrected chi connectivity index (χ3v) is 3.27. The van der Waals surface area contributed by atoms with E-state index in [2.05, 4.69) is 42.9 Å². The first-order valence-electron chi connectivity index (χ1n) is 5.66. The molecule has 2 unspecified atom stereocenters. The fourth-order valence-electron chi connectivity index (χ4n) is 2.41. The minimum Gasteiger partial charge on any atom is -0.318 e. The molecule has 1 fully saturated rings. The summed E-state index contributed by atoms with van der Waals surface area (Å²) < 4.78 is 0. The predicted octanol–water partition coefficient (Wildman–Crippen LogP) is 0.619. The average Bonchev–Trinajstić information content (AvgIpc) is 2.09. The van der Waals surface area contributed by atoms with Crippen LogP contribution in [0.1, 0.15) is 20.8 Å². The minimum atomic E-state index is 0.665. The Balaban J connectivity index is 2.56. The maximum Gasteiger partial charge on any atom is 0.0345 e. The van der Waals surface area contributed by atoms with Crippen molar-refractivity contribution in [3.63, 3.8) is 0 Å². The molecule has 84 valence electrons. The first-order chi connectivity index (χ1) is 6.56. The van der Waals surface area contributed by atoms with Crippen molar-refractivity contribution in [1.82, 2.24) is 15.1 Å². The van der Waals surface area contributed by atoms with E-state index in [0.717, 1.165) is 6.54 Å². The van der Waals surface area contributed by atoms with Crippen molar-refractivity contribution in [1.29, 1.82) is 0 Å². The minimum absolute atomic E-state index is 0.665. The standard InChI is InChI=1S/C11H25N3/c1-9(2)14-8-11(6-12-4)13(5)7-10(14)3/h9-12H,6-8H2,1-5H3. The van der Waals surface area contributed by atoms with Crippen LogP contribution >= 0.6 is 0 Å². The van der Waals surface area contributed by atoms with Gasteiger partial charge in [0.15, 0.2) is 0 Å². The van der Waals surface area contributed by atoms with Crippen LogP contribution in [-0.4, -0.2) is 61.7 Å². The van der Waals surface area contributed by atoms with Crippen LogP contribution in [-0.2, 0) is 0 Å². The van der Waals surface area contributed by atoms with E-state index in [1.165, 1.54) is 13.1 Å². The summed E-state index contributed by atoms with van der Waals surface area (Å²) in [6, 6.07) is 2.02. The Kier molecular flexibility index (Phi) is 4.35. The van der Waals surface area contributed by atoms with E-state index in [0.29, 0.717) is 18.1 Å². The maximum absolute atomic E-state index is 3.27. The van der Waals surface area contributed by atoms with Crippen molar-refractivity contribution in [2.24, 2.45) is 0 Å². The molecule has 0 radical (unpaired) electrons. The fourth-order valence-corrected chi connectivity index (χ4v) is 2.41. The van der Waals surface area contributed by atoms with Crippen molar-refractivity contribution < 1.29 is 0 Å². The van der Waals surface area contributed by atoms with Gasteiger partial charge in [0.05, 0.1) is 0 Å². The third-order valence-electron chi connectivity index (χ3n) is 3.27. The number of hydrogen-bond donors (Lipinski definition) is 1. The summed E-state index contributed by atoms with van der Waals surface area (Å²) in [7, 11) is 4.27. The van der Waals surface area contributed by atoms with Crippen LogP contribution in [0.2, 0.25) is 0 Å². The van der Waals surface area contributed by atoms with Crippen molar-refractivity contribution in [2.45, 2.75) is 38.9 Å². The second kappa shape index (κ2) is 5.10. The van der Waals surface area contributed by atoms with Crippen molar-refractivity contribution in [3.8, 4) is 0 Å². The molecule has 0 aromatic carbocycles. The second-order valence-corrected chi connectivity index (χ2v) is 4.79. The van der Waals surface area contributed by atoms with E-state index in [1.807, 2.05) is 7.05 Å². The SMILES string of the molecule is CNCC1CN(C(C)C)C(C)CN1C. The molecule has 3 heteroatoms. The summed E-state index contributed by atoms with van der Waals surface area (Å²) in [6.07, 6.45) is 0. The zero-order chi connectivity index (χ0) is 10.7. The Bertz CT molecular complexity index is 170. The Morgan fingerprint density at radius 3 is 2.50 bits per heavy atom. The molecule has 0 saturated carbocycles. The number of piperazine rings is 1. The molecule has 14 heavy (non-hydrogen) atoms. The van der Waals surface area contributed by atoms with Crippen LogP contribution in [0.5, 0.6) is 0 Å². The van der Waals surface area contributed by atoms with Gasteiger partial charge in [-0.15, -0.1) is 0 Å². The zero-order valence-corrected chi connectivity index (χ0v) is 10.2. The van der Waals surface area contributed by atoms with Crippen LogP contribution in [0.15, 0.2) is 0 Å². The van der Waals surface area contributed by atoms with Gasteiger partial charge in [-0.05, 0) is 34.9 Å². The van der Waals surface area contributed by atoms with Crippen LogP contribution in [0.4, 0.5) is 0 Å². The quantitative estimate of drug-likeness (QED) is 0.719. The van der Waals surface area contributed by atoms with Gasteiger partial charge >= 0.3 is 0 Å². The lowest BCUT2D eigenvalue weighted by Crippen LogP contribution is -2.60. The van der Waals surface area contributed by atoms with E-state index >= 15 is 0 Å². The highest BCUT2D eigenvalue weighted by Crippen LogP contribution is 2.15. The summed E-state index contributed by atoms with van der Waals surface area (Å²) in [5.41, 5.74) is 0. The van der Waals surface area contributed by atoms with Gasteiger partial charge in [0.2, 0.25) is 0 Å². The predicted molar refractivity (Wildman–Crippen MR) is 61.6 cm³/mol. The van der Waals surface area contributed by atoms with Gasteiger partial charge < -0.3 is 5.32 Å². The molecule has 0 spiro atoms. The van der Waals surface area contributed by atoms with Gasteiger partial charge in [0, 0.05) is 37.8 Å². The maximum atomic E-state index is 3.27. The lowest BCUT2D eigenvalue weighted by molar-refractivity contribution is 0.0326. The topological polar surface area (TPSA) is 18.5 Å². The van der Waals surface area contributed by atoms with Gasteiger partial charge in [0.25, 0.3) is 0 Å². The van der Waals surface area contributed by atoms with E-state index in [4.69, 9.17) is 0 Å². The van der Waals surface area contributed by atoms with Gasteiger partial charge in [0.1, 0.15) is 0 Å². The van der Waals surface area contributed by atoms with E-state index < -0.39 is 0 Å². The summed E-state index contributed by atoms with van der Waals surface area (Å²) >= 11 is 0. The normalized spacial score (nSPS) is 31.3. The molecule has 3 nitrogen and oxygen atoms in total. The zero-order valence-electron chi connectivity index (χ0n) is 10.2. The fraction of sp³-hybridized carbons (Fsp3) is 1.00. The first kappa shape index (κ1) is 12.0. The van der Waals surface area contributed by atoms with Crippen molar-refractivity contribution >= 4 is 0 Å². The monoisotopic (exact) mass is 199 g/mol. The molecule has 0 amide bonds. The Labute approximate surface area is 88.5 Å². The van der Waals surface area contributed by atoms with Gasteiger partial charge in [-0.2, -0.15) is 0 Å². The summed E-state index contributed by atoms with van der Waals surface area (Å²) in [5, 5.41) is 3.27. The molecule has 2 atom stereocenters. The smallest absolute Gasteiger partial charge is 0.0345 e. The summed E-state index contributed by atoms with van der Waals surface area (Å²) in [6.45, 7) is 10.4. The third kappa shape index (κ3) is 2.69. The molecule has 1 saturated heterocycles. The highest BCUT2D eigenvalue weighted by atomic mass is 15.3. The van der Waals surface area contributed by atoms with Gasteiger partial charge in [-0.1, -0.05) is 0 Å². The number of hydrogen-bond acceptors (Lipinski definition) is 3. The van der Waals surface area contributed by atoms with E-state index in [1.54, 1.807) is 0 Å². The van der Waals surface area contributed by atoms with E-state index in [-0.39, 0.29) is 0 Å². The molecule has 0 bridgehead atoms. The summed E-state index contributed by atoms with van der Waals surface area (Å²) in [4.78, 5) is 5.07. The molecule has 0 aromatic rings. The summed E-state index contributed by atoms with van der Waals surface area (Å²) in [5.74, 6) is 0. The molecular weight excluding hydrogens is 174 g/mol. The Morgan fingerprint density at radius 1 is 1.36 bits per heavy atom. The number of nitrogens with zero attached hydrogens (tertiary/aromatic N) is 2. The van der Waals surface area contributed by atoms with E-state index in [9.17, 15) is 0 Å². The molecule has 0 aromatic heterocycles. The lowest BCUT2D eigenvalue weighted by Gasteiger charge is -2.45. The van der Waals surface area contributed by atoms with Crippen LogP contribution in [0.25, 0.3) is 0 Å². The van der Waals surface area contributed by atoms with Crippen LogP contribution in [0.3, 0.4) is 0 Å². The number of rotatable bonds is 3. The lowest BCUT2D eigenvalue weighted by atomic mass is 10.1. The number of likely N-dealkylation sites (N-methyl/N-ethyl adjacent to an activating group) is 2. The van der Waals surface area contributed by atoms with Gasteiger partial charge in [-0.3, -0.25) is 9.80 Å². The Morgan fingerprint density at radius 2 is 2.00 bits per heavy atom. The average molecular weight is 199 g/mol. The molecular formula is C11H25N3. The largest absolute Gasteiger partial charge is 0.318 e. The molecule has 1 heterocycles. The molecule has 1 aliphatic heterocycles. The first-order valence-corrected chi connectivity index (χ1v) is 5.66. The second-order valence-electron chi connectivity index (χ2n) is 4.79. The molecule has 1 N–H and O–H groups in total. The Hall–Kier alpha value is -0.120. The van der Waals surface area contributed by atoms with Crippen molar-refractivity contribution in [2.75, 3.05) is 33.7 Å². The van der Waals surface area contributed by atoms with Crippen LogP contribution < -0.4 is 5.32 Å². The molecule has 1 aliphatic rings. The molecule has 0 aliphatic carbocycles. The van der Waals surface area contributed by atoms with Crippen LogP contribution in [0, 0.1) is 0 Å². The number of nitrogens with one attached hydrogen (secondary N) is 1. The highest BCUT2D eigenvalue weighted by Gasteiger charge is 2.29. The van der Waals surface area contributed by atoms with Gasteiger partial charge in [-0.25, -0.2) is 0 Å².